The van der Waals surface area contributed by atoms with Gasteiger partial charge in [-0.15, -0.1) is 0 Å². The van der Waals surface area contributed by atoms with Crippen LogP contribution in [0.25, 0.3) is 11.3 Å². The van der Waals surface area contributed by atoms with Crippen molar-refractivity contribution in [2.24, 2.45) is 0 Å². The van der Waals surface area contributed by atoms with Crippen LogP contribution in [0.2, 0.25) is 0 Å². The number of rotatable bonds is 1. The van der Waals surface area contributed by atoms with Crippen LogP contribution >= 0.6 is 0 Å². The highest BCUT2D eigenvalue weighted by Gasteiger charge is 2.23. The first-order valence-corrected chi connectivity index (χ1v) is 7.38. The van der Waals surface area contributed by atoms with E-state index in [1.165, 1.54) is 0 Å². The topological polar surface area (TPSA) is 88.8 Å². The lowest BCUT2D eigenvalue weighted by molar-refractivity contribution is 0.586. The number of aromatic amines is 1. The molecule has 18 heavy (non-hydrogen) atoms. The third-order valence-corrected chi connectivity index (χ3v) is 5.06. The van der Waals surface area contributed by atoms with Crippen LogP contribution in [-0.4, -0.2) is 24.1 Å². The lowest BCUT2D eigenvalue weighted by Gasteiger charge is -2.16. The average Bonchev–Trinajstić information content (AvgIpc) is 2.75. The SMILES string of the molecule is Nc1ncc(-c2ccc3c(c2)CCCS3(=O)=O)[nH]1. The van der Waals surface area contributed by atoms with Crippen LogP contribution in [0.3, 0.4) is 0 Å². The molecule has 3 N–H and O–H groups in total. The number of hydrogen-bond acceptors (Lipinski definition) is 4. The molecule has 0 bridgehead atoms. The van der Waals surface area contributed by atoms with Crippen molar-refractivity contribution >= 4 is 15.8 Å². The van der Waals surface area contributed by atoms with Crippen LogP contribution in [0, 0.1) is 0 Å². The van der Waals surface area contributed by atoms with Crippen molar-refractivity contribution < 1.29 is 8.42 Å². The number of imidazole rings is 1. The van der Waals surface area contributed by atoms with E-state index in [1.807, 2.05) is 6.07 Å². The van der Waals surface area contributed by atoms with E-state index in [0.717, 1.165) is 23.2 Å². The molecule has 0 saturated carbocycles. The molecule has 6 heteroatoms. The third-order valence-electron chi connectivity index (χ3n) is 3.16. The average molecular weight is 263 g/mol. The third kappa shape index (κ3) is 1.78. The van der Waals surface area contributed by atoms with Crippen molar-refractivity contribution in [3.8, 4) is 11.3 Å². The second-order valence-electron chi connectivity index (χ2n) is 4.43. The number of sulfone groups is 1. The Bertz CT molecular complexity index is 704. The van der Waals surface area contributed by atoms with Crippen molar-refractivity contribution in [1.82, 2.24) is 9.97 Å². The normalized spacial score (nSPS) is 17.3. The number of aromatic nitrogens is 2. The summed E-state index contributed by atoms with van der Waals surface area (Å²) in [4.78, 5) is 7.34. The quantitative estimate of drug-likeness (QED) is 0.813. The summed E-state index contributed by atoms with van der Waals surface area (Å²) in [6, 6.07) is 5.36. The number of hydrogen-bond donors (Lipinski definition) is 2. The Labute approximate surface area is 105 Å². The smallest absolute Gasteiger partial charge is 0.197 e. The molecular formula is C12H13N3O2S. The van der Waals surface area contributed by atoms with Gasteiger partial charge in [0.25, 0.3) is 0 Å². The fourth-order valence-corrected chi connectivity index (χ4v) is 3.87. The van der Waals surface area contributed by atoms with E-state index in [-0.39, 0.29) is 5.75 Å². The molecule has 1 aromatic heterocycles. The van der Waals surface area contributed by atoms with Crippen LogP contribution in [0.15, 0.2) is 29.3 Å². The Morgan fingerprint density at radius 3 is 2.89 bits per heavy atom. The van der Waals surface area contributed by atoms with E-state index >= 15 is 0 Å². The number of nitrogen functional groups attached to an aromatic ring is 1. The maximum Gasteiger partial charge on any atom is 0.197 e. The monoisotopic (exact) mass is 263 g/mol. The molecule has 5 nitrogen and oxygen atoms in total. The fourth-order valence-electron chi connectivity index (χ4n) is 2.29. The van der Waals surface area contributed by atoms with Crippen molar-refractivity contribution in [3.63, 3.8) is 0 Å². The van der Waals surface area contributed by atoms with Crippen LogP contribution in [0.4, 0.5) is 5.95 Å². The molecule has 0 aliphatic carbocycles. The first kappa shape index (κ1) is 11.3. The summed E-state index contributed by atoms with van der Waals surface area (Å²) in [6.07, 6.45) is 3.13. The molecule has 3 rings (SSSR count). The number of H-pyrrole nitrogens is 1. The summed E-state index contributed by atoms with van der Waals surface area (Å²) < 4.78 is 23.8. The minimum absolute atomic E-state index is 0.246. The molecule has 1 aliphatic heterocycles. The molecule has 0 amide bonds. The van der Waals surface area contributed by atoms with E-state index in [0.29, 0.717) is 17.3 Å². The fraction of sp³-hybridized carbons (Fsp3) is 0.250. The number of nitrogens with zero attached hydrogens (tertiary/aromatic N) is 1. The molecular weight excluding hydrogens is 250 g/mol. The minimum Gasteiger partial charge on any atom is -0.369 e. The molecule has 1 aromatic carbocycles. The van der Waals surface area contributed by atoms with E-state index < -0.39 is 9.84 Å². The van der Waals surface area contributed by atoms with Gasteiger partial charge in [-0.05, 0) is 36.1 Å². The first-order chi connectivity index (χ1) is 8.56. The summed E-state index contributed by atoms with van der Waals surface area (Å²) in [5, 5.41) is 0. The van der Waals surface area contributed by atoms with Gasteiger partial charge in [0.15, 0.2) is 15.8 Å². The maximum atomic E-state index is 11.9. The molecule has 94 valence electrons. The maximum absolute atomic E-state index is 11.9. The Kier molecular flexibility index (Phi) is 2.41. The summed E-state index contributed by atoms with van der Waals surface area (Å²) in [7, 11) is -3.09. The Morgan fingerprint density at radius 1 is 1.33 bits per heavy atom. The van der Waals surface area contributed by atoms with Crippen LogP contribution < -0.4 is 5.73 Å². The van der Waals surface area contributed by atoms with E-state index in [2.05, 4.69) is 9.97 Å². The largest absolute Gasteiger partial charge is 0.369 e. The summed E-state index contributed by atoms with van der Waals surface area (Å²) in [5.41, 5.74) is 8.13. The Balaban J connectivity index is 2.12. The van der Waals surface area contributed by atoms with Gasteiger partial charge in [-0.3, -0.25) is 0 Å². The van der Waals surface area contributed by atoms with Gasteiger partial charge >= 0.3 is 0 Å². The van der Waals surface area contributed by atoms with Gasteiger partial charge in [-0.1, -0.05) is 6.07 Å². The summed E-state index contributed by atoms with van der Waals surface area (Å²) >= 11 is 0. The highest BCUT2D eigenvalue weighted by Crippen LogP contribution is 2.29. The number of nitrogens with two attached hydrogens (primary N) is 1. The van der Waals surface area contributed by atoms with Crippen molar-refractivity contribution in [3.05, 3.63) is 30.0 Å². The number of benzene rings is 1. The molecule has 2 heterocycles. The van der Waals surface area contributed by atoms with E-state index in [4.69, 9.17) is 5.73 Å². The van der Waals surface area contributed by atoms with Gasteiger partial charge in [0.1, 0.15) is 0 Å². The van der Waals surface area contributed by atoms with Crippen LogP contribution in [0.5, 0.6) is 0 Å². The van der Waals surface area contributed by atoms with Crippen molar-refractivity contribution in [2.75, 3.05) is 11.5 Å². The second kappa shape index (κ2) is 3.84. The standard InChI is InChI=1S/C12H13N3O2S/c13-12-14-7-10(15-12)8-3-4-11-9(6-8)2-1-5-18(11,16)17/h3-4,6-7H,1-2,5H2,(H3,13,14,15). The van der Waals surface area contributed by atoms with Gasteiger partial charge in [-0.25, -0.2) is 13.4 Å². The highest BCUT2D eigenvalue weighted by molar-refractivity contribution is 7.91. The van der Waals surface area contributed by atoms with Crippen LogP contribution in [0.1, 0.15) is 12.0 Å². The second-order valence-corrected chi connectivity index (χ2v) is 6.50. The predicted octanol–water partition coefficient (Wildman–Crippen LogP) is 1.38. The molecule has 0 fully saturated rings. The van der Waals surface area contributed by atoms with Gasteiger partial charge < -0.3 is 10.7 Å². The van der Waals surface area contributed by atoms with Crippen LogP contribution in [-0.2, 0) is 16.3 Å². The van der Waals surface area contributed by atoms with Gasteiger partial charge in [0.05, 0.1) is 22.5 Å². The predicted molar refractivity (Wildman–Crippen MR) is 68.8 cm³/mol. The number of aryl methyl sites for hydroxylation is 1. The Hall–Kier alpha value is -1.82. The first-order valence-electron chi connectivity index (χ1n) is 5.73. The zero-order valence-electron chi connectivity index (χ0n) is 9.68. The van der Waals surface area contributed by atoms with Gasteiger partial charge in [0.2, 0.25) is 0 Å². The van der Waals surface area contributed by atoms with Gasteiger partial charge in [-0.2, -0.15) is 0 Å². The Morgan fingerprint density at radius 2 is 2.17 bits per heavy atom. The van der Waals surface area contributed by atoms with Crippen molar-refractivity contribution in [2.45, 2.75) is 17.7 Å². The van der Waals surface area contributed by atoms with E-state index in [1.54, 1.807) is 18.3 Å². The summed E-state index contributed by atoms with van der Waals surface area (Å²) in [6.45, 7) is 0. The lowest BCUT2D eigenvalue weighted by Crippen LogP contribution is -2.15. The van der Waals surface area contributed by atoms with Crippen molar-refractivity contribution in [1.29, 1.82) is 0 Å². The molecule has 0 unspecified atom stereocenters. The lowest BCUT2D eigenvalue weighted by atomic mass is 10.0. The molecule has 0 atom stereocenters. The molecule has 0 radical (unpaired) electrons. The minimum atomic E-state index is -3.09. The number of fused-ring (bicyclic) bond motifs is 1. The zero-order chi connectivity index (χ0) is 12.8. The van der Waals surface area contributed by atoms with Gasteiger partial charge in [0, 0.05) is 0 Å². The molecule has 1 aliphatic rings. The molecule has 2 aromatic rings. The molecule has 0 spiro atoms. The zero-order valence-corrected chi connectivity index (χ0v) is 10.5. The molecule has 0 saturated heterocycles. The van der Waals surface area contributed by atoms with E-state index in [9.17, 15) is 8.42 Å². The summed E-state index contributed by atoms with van der Waals surface area (Å²) in [5.74, 6) is 0.603. The number of anilines is 1. The number of nitrogens with one attached hydrogen (secondary N) is 1. The highest BCUT2D eigenvalue weighted by atomic mass is 32.2.